The molecule has 1 heterocycles. The van der Waals surface area contributed by atoms with Gasteiger partial charge in [-0.1, -0.05) is 0 Å². The van der Waals surface area contributed by atoms with Crippen LogP contribution >= 0.6 is 0 Å². The van der Waals surface area contributed by atoms with Crippen molar-refractivity contribution in [3.05, 3.63) is 18.6 Å². The molecule has 0 saturated heterocycles. The summed E-state index contributed by atoms with van der Waals surface area (Å²) >= 11 is 0. The maximum Gasteiger partial charge on any atom is 0.256 e. The molecule has 0 aromatic carbocycles. The molecule has 0 atom stereocenters. The Kier molecular flexibility index (Phi) is 2.48. The van der Waals surface area contributed by atoms with Gasteiger partial charge in [0.1, 0.15) is 0 Å². The van der Waals surface area contributed by atoms with Gasteiger partial charge in [-0.3, -0.25) is 9.78 Å². The molecule has 11 heavy (non-hydrogen) atoms. The molecular formula is C6H6FN3O. The van der Waals surface area contributed by atoms with E-state index >= 15 is 0 Å². The Morgan fingerprint density at radius 1 is 1.64 bits per heavy atom. The molecule has 1 rings (SSSR count). The van der Waals surface area contributed by atoms with Crippen molar-refractivity contribution in [2.45, 2.75) is 0 Å². The third-order valence-electron chi connectivity index (χ3n) is 0.952. The van der Waals surface area contributed by atoms with Gasteiger partial charge >= 0.3 is 0 Å². The summed E-state index contributed by atoms with van der Waals surface area (Å²) in [5.74, 6) is -0.458. The lowest BCUT2D eigenvalue weighted by atomic mass is 10.6. The number of anilines is 1. The van der Waals surface area contributed by atoms with Crippen LogP contribution in [-0.4, -0.2) is 22.5 Å². The minimum Gasteiger partial charge on any atom is -0.307 e. The lowest BCUT2D eigenvalue weighted by Crippen LogP contribution is -2.13. The highest BCUT2D eigenvalue weighted by Crippen LogP contribution is 1.95. The SMILES string of the molecule is O=C(CF)Nc1cnccn1. The zero-order valence-electron chi connectivity index (χ0n) is 5.62. The quantitative estimate of drug-likeness (QED) is 0.671. The number of nitrogens with one attached hydrogen (secondary N) is 1. The fourth-order valence-corrected chi connectivity index (χ4v) is 0.540. The van der Waals surface area contributed by atoms with E-state index in [0.717, 1.165) is 0 Å². The van der Waals surface area contributed by atoms with Crippen LogP contribution in [0.1, 0.15) is 0 Å². The number of carbonyl (C=O) groups excluding carboxylic acids is 1. The first-order valence-electron chi connectivity index (χ1n) is 2.95. The fourth-order valence-electron chi connectivity index (χ4n) is 0.540. The number of amides is 1. The van der Waals surface area contributed by atoms with E-state index < -0.39 is 12.6 Å². The number of hydrogen-bond acceptors (Lipinski definition) is 3. The van der Waals surface area contributed by atoms with Gasteiger partial charge in [0.05, 0.1) is 6.20 Å². The highest BCUT2D eigenvalue weighted by Gasteiger charge is 1.99. The van der Waals surface area contributed by atoms with E-state index in [1.54, 1.807) is 0 Å². The summed E-state index contributed by atoms with van der Waals surface area (Å²) in [6.45, 7) is -1.05. The van der Waals surface area contributed by atoms with Crippen LogP contribution in [-0.2, 0) is 4.79 Å². The lowest BCUT2D eigenvalue weighted by molar-refractivity contribution is -0.117. The smallest absolute Gasteiger partial charge is 0.256 e. The minimum atomic E-state index is -1.05. The van der Waals surface area contributed by atoms with Crippen molar-refractivity contribution in [1.82, 2.24) is 9.97 Å². The predicted molar refractivity (Wildman–Crippen MR) is 36.6 cm³/mol. The summed E-state index contributed by atoms with van der Waals surface area (Å²) < 4.78 is 11.6. The Hall–Kier alpha value is -1.52. The molecule has 58 valence electrons. The maximum absolute atomic E-state index is 11.6. The van der Waals surface area contributed by atoms with Crippen molar-refractivity contribution in [3.8, 4) is 0 Å². The van der Waals surface area contributed by atoms with E-state index in [9.17, 15) is 9.18 Å². The molecule has 0 unspecified atom stereocenters. The normalized spacial score (nSPS) is 9.18. The molecule has 4 nitrogen and oxygen atoms in total. The molecule has 1 N–H and O–H groups in total. The number of aromatic nitrogens is 2. The molecule has 0 aliphatic heterocycles. The van der Waals surface area contributed by atoms with Crippen molar-refractivity contribution >= 4 is 11.7 Å². The molecule has 0 spiro atoms. The molecule has 5 heteroatoms. The van der Waals surface area contributed by atoms with Gasteiger partial charge in [0.25, 0.3) is 5.91 Å². The summed E-state index contributed by atoms with van der Waals surface area (Å²) in [4.78, 5) is 17.8. The first kappa shape index (κ1) is 7.59. The first-order valence-corrected chi connectivity index (χ1v) is 2.95. The van der Waals surface area contributed by atoms with Gasteiger partial charge in [-0.15, -0.1) is 0 Å². The van der Waals surface area contributed by atoms with Crippen molar-refractivity contribution in [2.24, 2.45) is 0 Å². The third kappa shape index (κ3) is 2.29. The van der Waals surface area contributed by atoms with E-state index in [4.69, 9.17) is 0 Å². The van der Waals surface area contributed by atoms with E-state index in [1.165, 1.54) is 18.6 Å². The zero-order chi connectivity index (χ0) is 8.10. The second-order valence-corrected chi connectivity index (χ2v) is 1.77. The molecule has 1 amide bonds. The Bertz CT molecular complexity index is 239. The average molecular weight is 155 g/mol. The summed E-state index contributed by atoms with van der Waals surface area (Å²) in [6, 6.07) is 0. The summed E-state index contributed by atoms with van der Waals surface area (Å²) in [7, 11) is 0. The summed E-state index contributed by atoms with van der Waals surface area (Å²) in [6.07, 6.45) is 4.21. The molecule has 0 aliphatic carbocycles. The number of rotatable bonds is 2. The molecule has 0 aliphatic rings. The van der Waals surface area contributed by atoms with Crippen LogP contribution in [0, 0.1) is 0 Å². The van der Waals surface area contributed by atoms with Gasteiger partial charge in [-0.2, -0.15) is 0 Å². The predicted octanol–water partition coefficient (Wildman–Crippen LogP) is 0.385. The van der Waals surface area contributed by atoms with Gasteiger partial charge in [-0.25, -0.2) is 9.37 Å². The number of hydrogen-bond donors (Lipinski definition) is 1. The topological polar surface area (TPSA) is 54.9 Å². The molecule has 0 saturated carbocycles. The van der Waals surface area contributed by atoms with Gasteiger partial charge < -0.3 is 5.32 Å². The van der Waals surface area contributed by atoms with Crippen molar-refractivity contribution in [1.29, 1.82) is 0 Å². The second-order valence-electron chi connectivity index (χ2n) is 1.77. The summed E-state index contributed by atoms with van der Waals surface area (Å²) in [5.41, 5.74) is 0. The standard InChI is InChI=1S/C6H6FN3O/c7-3-6(11)10-5-4-8-1-2-9-5/h1-2,4H,3H2,(H,9,10,11). The van der Waals surface area contributed by atoms with E-state index in [0.29, 0.717) is 0 Å². The second kappa shape index (κ2) is 3.60. The van der Waals surface area contributed by atoms with Crippen molar-refractivity contribution in [3.63, 3.8) is 0 Å². The van der Waals surface area contributed by atoms with Crippen LogP contribution in [0.3, 0.4) is 0 Å². The Morgan fingerprint density at radius 2 is 2.45 bits per heavy atom. The molecule has 0 fully saturated rings. The van der Waals surface area contributed by atoms with Crippen LogP contribution < -0.4 is 5.32 Å². The Labute approximate surface area is 62.5 Å². The van der Waals surface area contributed by atoms with Crippen LogP contribution in [0.25, 0.3) is 0 Å². The maximum atomic E-state index is 11.6. The van der Waals surface area contributed by atoms with Crippen LogP contribution in [0.15, 0.2) is 18.6 Å². The minimum absolute atomic E-state index is 0.259. The van der Waals surface area contributed by atoms with Crippen molar-refractivity contribution < 1.29 is 9.18 Å². The number of nitrogens with zero attached hydrogens (tertiary/aromatic N) is 2. The monoisotopic (exact) mass is 155 g/mol. The van der Waals surface area contributed by atoms with Gasteiger partial charge in [-0.05, 0) is 0 Å². The van der Waals surface area contributed by atoms with E-state index in [1.807, 2.05) is 0 Å². The molecule has 0 radical (unpaired) electrons. The fraction of sp³-hybridized carbons (Fsp3) is 0.167. The van der Waals surface area contributed by atoms with E-state index in [-0.39, 0.29) is 5.82 Å². The number of carbonyl (C=O) groups is 1. The van der Waals surface area contributed by atoms with Gasteiger partial charge in [0, 0.05) is 12.4 Å². The van der Waals surface area contributed by atoms with Gasteiger partial charge in [0.15, 0.2) is 12.5 Å². The van der Waals surface area contributed by atoms with Crippen molar-refractivity contribution in [2.75, 3.05) is 12.0 Å². The third-order valence-corrected chi connectivity index (χ3v) is 0.952. The molecule has 1 aromatic rings. The molecule has 0 bridgehead atoms. The average Bonchev–Trinajstić information content (AvgIpc) is 2.06. The number of halogens is 1. The highest BCUT2D eigenvalue weighted by molar-refractivity contribution is 5.90. The molecular weight excluding hydrogens is 149 g/mol. The molecule has 1 aromatic heterocycles. The van der Waals surface area contributed by atoms with Crippen LogP contribution in [0.5, 0.6) is 0 Å². The number of alkyl halides is 1. The Balaban J connectivity index is 2.58. The Morgan fingerprint density at radius 3 is 3.00 bits per heavy atom. The first-order chi connectivity index (χ1) is 5.33. The zero-order valence-corrected chi connectivity index (χ0v) is 5.62. The van der Waals surface area contributed by atoms with E-state index in [2.05, 4.69) is 15.3 Å². The van der Waals surface area contributed by atoms with Gasteiger partial charge in [0.2, 0.25) is 0 Å². The van der Waals surface area contributed by atoms with Crippen LogP contribution in [0.4, 0.5) is 10.2 Å². The van der Waals surface area contributed by atoms with Crippen LogP contribution in [0.2, 0.25) is 0 Å². The largest absolute Gasteiger partial charge is 0.307 e. The highest BCUT2D eigenvalue weighted by atomic mass is 19.1. The summed E-state index contributed by atoms with van der Waals surface area (Å²) in [5, 5.41) is 2.20. The lowest BCUT2D eigenvalue weighted by Gasteiger charge is -1.97.